The summed E-state index contributed by atoms with van der Waals surface area (Å²) in [5, 5.41) is 11.1. The standard InChI is InChI=1S/C48H41N/c1-5-31(2)38-16-11-17-44-46(38)43-27-26-37(30-45(43)48(44,3)4)32-18-20-33(21-19-32)39-28-29-40(42-15-10-9-14-41(39)42)34-22-24-36(25-23-34)47(49)35-12-7-6-8-13-35/h6-31,49H,5H2,1-4H3. The van der Waals surface area contributed by atoms with Gasteiger partial charge in [0.2, 0.25) is 0 Å². The van der Waals surface area contributed by atoms with Gasteiger partial charge in [0.15, 0.2) is 0 Å². The predicted octanol–water partition coefficient (Wildman–Crippen LogP) is 13.1. The third kappa shape index (κ3) is 5.22. The lowest BCUT2D eigenvalue weighted by Gasteiger charge is -2.22. The normalized spacial score (nSPS) is 13.6. The van der Waals surface area contributed by atoms with Crippen molar-refractivity contribution in [3.63, 3.8) is 0 Å². The van der Waals surface area contributed by atoms with Gasteiger partial charge in [-0.15, -0.1) is 0 Å². The predicted molar refractivity (Wildman–Crippen MR) is 209 cm³/mol. The van der Waals surface area contributed by atoms with E-state index in [1.165, 1.54) is 66.4 Å². The molecule has 49 heavy (non-hydrogen) atoms. The quantitative estimate of drug-likeness (QED) is 0.169. The van der Waals surface area contributed by atoms with Crippen LogP contribution in [0.1, 0.15) is 67.9 Å². The molecule has 0 saturated heterocycles. The fourth-order valence-electron chi connectivity index (χ4n) is 7.86. The van der Waals surface area contributed by atoms with Crippen LogP contribution in [0.4, 0.5) is 0 Å². The molecule has 8 rings (SSSR count). The van der Waals surface area contributed by atoms with E-state index in [0.717, 1.165) is 23.1 Å². The van der Waals surface area contributed by atoms with Crippen molar-refractivity contribution in [3.8, 4) is 44.5 Å². The van der Waals surface area contributed by atoms with Gasteiger partial charge in [-0.2, -0.15) is 0 Å². The number of benzene rings is 7. The van der Waals surface area contributed by atoms with E-state index in [9.17, 15) is 0 Å². The number of nitrogens with one attached hydrogen (secondary N) is 1. The second-order valence-corrected chi connectivity index (χ2v) is 14.1. The van der Waals surface area contributed by atoms with Crippen molar-refractivity contribution in [3.05, 3.63) is 179 Å². The highest BCUT2D eigenvalue weighted by atomic mass is 14.4. The first kappa shape index (κ1) is 30.8. The second-order valence-electron chi connectivity index (χ2n) is 14.1. The maximum absolute atomic E-state index is 8.68. The molecule has 0 spiro atoms. The number of hydrogen-bond donors (Lipinski definition) is 1. The molecule has 7 aromatic rings. The molecule has 0 saturated carbocycles. The maximum atomic E-state index is 8.68. The Kier molecular flexibility index (Phi) is 7.64. The highest BCUT2D eigenvalue weighted by Gasteiger charge is 2.37. The fraction of sp³-hybridized carbons (Fsp3) is 0.146. The fourth-order valence-corrected chi connectivity index (χ4v) is 7.86. The van der Waals surface area contributed by atoms with E-state index in [2.05, 4.69) is 149 Å². The maximum Gasteiger partial charge on any atom is 0.0684 e. The zero-order valence-corrected chi connectivity index (χ0v) is 28.7. The summed E-state index contributed by atoms with van der Waals surface area (Å²) in [6.07, 6.45) is 1.14. The van der Waals surface area contributed by atoms with Gasteiger partial charge >= 0.3 is 0 Å². The molecular weight excluding hydrogens is 591 g/mol. The van der Waals surface area contributed by atoms with E-state index >= 15 is 0 Å². The summed E-state index contributed by atoms with van der Waals surface area (Å²) in [5.74, 6) is 0.537. The Hall–Kier alpha value is -5.53. The van der Waals surface area contributed by atoms with E-state index < -0.39 is 0 Å². The molecule has 7 aromatic carbocycles. The SMILES string of the molecule is CCC(C)c1cccc2c1-c1ccc(-c3ccc(-c4ccc(-c5ccc(C(=N)c6ccccc6)cc5)c5ccccc45)cc3)cc1C2(C)C. The van der Waals surface area contributed by atoms with Crippen molar-refractivity contribution < 1.29 is 0 Å². The number of fused-ring (bicyclic) bond motifs is 4. The summed E-state index contributed by atoms with van der Waals surface area (Å²) in [6.45, 7) is 9.40. The van der Waals surface area contributed by atoms with Crippen LogP contribution in [0.25, 0.3) is 55.3 Å². The van der Waals surface area contributed by atoms with Crippen LogP contribution in [0.15, 0.2) is 152 Å². The zero-order chi connectivity index (χ0) is 33.7. The van der Waals surface area contributed by atoms with Gasteiger partial charge in [0.1, 0.15) is 0 Å². The van der Waals surface area contributed by atoms with Gasteiger partial charge in [0.25, 0.3) is 0 Å². The van der Waals surface area contributed by atoms with E-state index in [-0.39, 0.29) is 5.41 Å². The minimum absolute atomic E-state index is 0.0330. The molecule has 0 amide bonds. The van der Waals surface area contributed by atoms with Gasteiger partial charge < -0.3 is 0 Å². The first-order valence-electron chi connectivity index (χ1n) is 17.5. The number of hydrogen-bond acceptors (Lipinski definition) is 1. The molecule has 238 valence electrons. The molecule has 1 N–H and O–H groups in total. The van der Waals surface area contributed by atoms with Crippen LogP contribution in [-0.4, -0.2) is 5.71 Å². The number of rotatable bonds is 7. The molecule has 0 heterocycles. The molecule has 1 atom stereocenters. The van der Waals surface area contributed by atoms with Crippen LogP contribution in [-0.2, 0) is 5.41 Å². The smallest absolute Gasteiger partial charge is 0.0684 e. The Balaban J connectivity index is 1.11. The summed E-state index contributed by atoms with van der Waals surface area (Å²) in [4.78, 5) is 0. The lowest BCUT2D eigenvalue weighted by Crippen LogP contribution is -2.15. The Morgan fingerprint density at radius 3 is 1.69 bits per heavy atom. The third-order valence-corrected chi connectivity index (χ3v) is 10.9. The van der Waals surface area contributed by atoms with Crippen LogP contribution in [0.2, 0.25) is 0 Å². The highest BCUT2D eigenvalue weighted by molar-refractivity contribution is 6.11. The third-order valence-electron chi connectivity index (χ3n) is 10.9. The summed E-state index contributed by atoms with van der Waals surface area (Å²) < 4.78 is 0. The van der Waals surface area contributed by atoms with Crippen LogP contribution < -0.4 is 0 Å². The van der Waals surface area contributed by atoms with Crippen molar-refractivity contribution in [1.82, 2.24) is 0 Å². The molecule has 0 radical (unpaired) electrons. The first-order chi connectivity index (χ1) is 23.8. The molecule has 0 fully saturated rings. The molecule has 1 aliphatic carbocycles. The lowest BCUT2D eigenvalue weighted by molar-refractivity contribution is 0.658. The summed E-state index contributed by atoms with van der Waals surface area (Å²) >= 11 is 0. The molecule has 0 aliphatic heterocycles. The van der Waals surface area contributed by atoms with Crippen LogP contribution >= 0.6 is 0 Å². The van der Waals surface area contributed by atoms with E-state index in [1.54, 1.807) is 0 Å². The Bertz CT molecular complexity index is 2340. The highest BCUT2D eigenvalue weighted by Crippen LogP contribution is 2.52. The largest absolute Gasteiger partial charge is 0.300 e. The van der Waals surface area contributed by atoms with Crippen molar-refractivity contribution in [1.29, 1.82) is 5.41 Å². The monoisotopic (exact) mass is 631 g/mol. The first-order valence-corrected chi connectivity index (χ1v) is 17.5. The van der Waals surface area contributed by atoms with Crippen LogP contribution in [0.5, 0.6) is 0 Å². The minimum Gasteiger partial charge on any atom is -0.300 e. The zero-order valence-electron chi connectivity index (χ0n) is 28.7. The van der Waals surface area contributed by atoms with Gasteiger partial charge in [-0.05, 0) is 95.9 Å². The van der Waals surface area contributed by atoms with Crippen molar-refractivity contribution in [2.24, 2.45) is 0 Å². The Morgan fingerprint density at radius 2 is 1.06 bits per heavy atom. The minimum atomic E-state index is -0.0330. The van der Waals surface area contributed by atoms with Gasteiger partial charge in [-0.25, -0.2) is 0 Å². The Labute approximate surface area is 290 Å². The molecule has 0 bridgehead atoms. The van der Waals surface area contributed by atoms with Crippen molar-refractivity contribution in [2.75, 3.05) is 0 Å². The topological polar surface area (TPSA) is 23.9 Å². The molecule has 1 heteroatoms. The Morgan fingerprint density at radius 1 is 0.531 bits per heavy atom. The summed E-state index contributed by atoms with van der Waals surface area (Å²) in [7, 11) is 0. The van der Waals surface area contributed by atoms with Gasteiger partial charge in [-0.3, -0.25) is 5.41 Å². The summed E-state index contributed by atoms with van der Waals surface area (Å²) in [6, 6.07) is 54.7. The van der Waals surface area contributed by atoms with Gasteiger partial charge in [-0.1, -0.05) is 173 Å². The summed E-state index contributed by atoms with van der Waals surface area (Å²) in [5.41, 5.74) is 16.9. The molecule has 1 nitrogen and oxygen atoms in total. The average Bonchev–Trinajstić information content (AvgIpc) is 3.39. The molecule has 0 aromatic heterocycles. The van der Waals surface area contributed by atoms with Gasteiger partial charge in [0, 0.05) is 11.0 Å². The van der Waals surface area contributed by atoms with Crippen molar-refractivity contribution in [2.45, 2.75) is 45.4 Å². The average molecular weight is 632 g/mol. The van der Waals surface area contributed by atoms with Crippen LogP contribution in [0, 0.1) is 5.41 Å². The van der Waals surface area contributed by atoms with E-state index in [0.29, 0.717) is 11.6 Å². The molecule has 1 unspecified atom stereocenters. The van der Waals surface area contributed by atoms with Crippen molar-refractivity contribution >= 4 is 16.5 Å². The molecule has 1 aliphatic rings. The van der Waals surface area contributed by atoms with Crippen LogP contribution in [0.3, 0.4) is 0 Å². The van der Waals surface area contributed by atoms with E-state index in [1.807, 2.05) is 30.3 Å². The van der Waals surface area contributed by atoms with E-state index in [4.69, 9.17) is 5.41 Å². The molecular formula is C48H41N. The van der Waals surface area contributed by atoms with Gasteiger partial charge in [0.05, 0.1) is 5.71 Å². The second kappa shape index (κ2) is 12.2. The lowest BCUT2D eigenvalue weighted by atomic mass is 9.81.